The van der Waals surface area contributed by atoms with E-state index in [1.807, 2.05) is 78.6 Å². The molecule has 2 amide bonds. The van der Waals surface area contributed by atoms with Gasteiger partial charge in [0.25, 0.3) is 17.5 Å². The maximum Gasteiger partial charge on any atom is 0.269 e. The molecular formula is C33H31N5O5. The lowest BCUT2D eigenvalue weighted by Gasteiger charge is -2.36. The van der Waals surface area contributed by atoms with Crippen LogP contribution in [-0.2, 0) is 0 Å². The smallest absolute Gasteiger partial charge is 0.269 e. The Bertz CT molecular complexity index is 1650. The Morgan fingerprint density at radius 1 is 0.907 bits per heavy atom. The molecule has 1 saturated heterocycles. The zero-order valence-corrected chi connectivity index (χ0v) is 23.7. The Labute approximate surface area is 249 Å². The van der Waals surface area contributed by atoms with Crippen molar-refractivity contribution >= 4 is 34.6 Å². The van der Waals surface area contributed by atoms with Crippen molar-refractivity contribution in [2.45, 2.75) is 13.1 Å². The maximum atomic E-state index is 13.5. The number of carbonyl (C=O) groups excluding carboxylic acids is 2. The van der Waals surface area contributed by atoms with Gasteiger partial charge in [0.2, 0.25) is 0 Å². The number of ether oxygens (including phenoxy) is 1. The van der Waals surface area contributed by atoms with Gasteiger partial charge in [-0.1, -0.05) is 24.3 Å². The number of nitrogens with one attached hydrogen (secondary N) is 1. The molecule has 0 aromatic heterocycles. The standard InChI is InChI=1S/C33H31N5O5/c1-2-43-28-16-14-26(15-17-28)37-31(29-8-3-4-9-30(29)33(37)40)34-24-7-5-6-23(22-24)32(39)36-20-18-35(19-21-36)25-10-12-27(13-11-25)38(41)42/h3-17,22,31,34H,2,18-21H2,1H3. The number of hydrogen-bond acceptors (Lipinski definition) is 7. The highest BCUT2D eigenvalue weighted by atomic mass is 16.6. The number of hydrogen-bond donors (Lipinski definition) is 1. The molecule has 10 nitrogen and oxygen atoms in total. The highest BCUT2D eigenvalue weighted by Gasteiger charge is 2.37. The lowest BCUT2D eigenvalue weighted by Crippen LogP contribution is -2.48. The first-order valence-corrected chi connectivity index (χ1v) is 14.2. The van der Waals surface area contributed by atoms with Crippen molar-refractivity contribution in [3.8, 4) is 5.75 Å². The molecule has 218 valence electrons. The summed E-state index contributed by atoms with van der Waals surface area (Å²) in [4.78, 5) is 43.2. The third kappa shape index (κ3) is 5.59. The molecule has 0 saturated carbocycles. The number of nitro groups is 1. The first-order chi connectivity index (χ1) is 20.9. The number of anilines is 3. The fourth-order valence-corrected chi connectivity index (χ4v) is 5.63. The number of fused-ring (bicyclic) bond motifs is 1. The summed E-state index contributed by atoms with van der Waals surface area (Å²) in [5, 5.41) is 14.5. The Hall–Kier alpha value is -5.38. The fourth-order valence-electron chi connectivity index (χ4n) is 5.63. The average Bonchev–Trinajstić information content (AvgIpc) is 3.32. The van der Waals surface area contributed by atoms with Crippen LogP contribution in [0.15, 0.2) is 97.1 Å². The van der Waals surface area contributed by atoms with Crippen molar-refractivity contribution in [3.63, 3.8) is 0 Å². The van der Waals surface area contributed by atoms with Crippen molar-refractivity contribution in [2.24, 2.45) is 0 Å². The van der Waals surface area contributed by atoms with Crippen LogP contribution < -0.4 is 19.9 Å². The molecule has 10 heteroatoms. The monoisotopic (exact) mass is 577 g/mol. The van der Waals surface area contributed by atoms with Crippen LogP contribution in [-0.4, -0.2) is 54.4 Å². The predicted octanol–water partition coefficient (Wildman–Crippen LogP) is 5.73. The van der Waals surface area contributed by atoms with Gasteiger partial charge in [-0.2, -0.15) is 0 Å². The summed E-state index contributed by atoms with van der Waals surface area (Å²) < 4.78 is 5.58. The van der Waals surface area contributed by atoms with Crippen molar-refractivity contribution in [1.29, 1.82) is 0 Å². The van der Waals surface area contributed by atoms with E-state index in [-0.39, 0.29) is 17.5 Å². The summed E-state index contributed by atoms with van der Waals surface area (Å²) in [5.41, 5.74) is 4.46. The van der Waals surface area contributed by atoms with Crippen molar-refractivity contribution in [2.75, 3.05) is 47.9 Å². The van der Waals surface area contributed by atoms with Gasteiger partial charge in [0.1, 0.15) is 11.9 Å². The molecule has 1 atom stereocenters. The molecule has 0 bridgehead atoms. The minimum absolute atomic E-state index is 0.0547. The highest BCUT2D eigenvalue weighted by molar-refractivity contribution is 6.11. The van der Waals surface area contributed by atoms with E-state index in [1.54, 1.807) is 23.1 Å². The number of piperazine rings is 1. The summed E-state index contributed by atoms with van der Waals surface area (Å²) in [7, 11) is 0. The molecule has 2 aliphatic rings. The largest absolute Gasteiger partial charge is 0.494 e. The molecule has 4 aromatic rings. The zero-order valence-electron chi connectivity index (χ0n) is 23.7. The fraction of sp³-hybridized carbons (Fsp3) is 0.212. The van der Waals surface area contributed by atoms with E-state index in [0.29, 0.717) is 43.9 Å². The van der Waals surface area contributed by atoms with Crippen molar-refractivity contribution < 1.29 is 19.2 Å². The van der Waals surface area contributed by atoms with Crippen LogP contribution in [0.1, 0.15) is 39.4 Å². The summed E-state index contributed by atoms with van der Waals surface area (Å²) >= 11 is 0. The van der Waals surface area contributed by atoms with Gasteiger partial charge in [0.15, 0.2) is 0 Å². The predicted molar refractivity (Wildman–Crippen MR) is 165 cm³/mol. The third-order valence-electron chi connectivity index (χ3n) is 7.79. The maximum absolute atomic E-state index is 13.5. The van der Waals surface area contributed by atoms with Crippen LogP contribution in [0.3, 0.4) is 0 Å². The Balaban J connectivity index is 1.17. The summed E-state index contributed by atoms with van der Waals surface area (Å²) in [6.07, 6.45) is -0.461. The molecule has 2 aliphatic heterocycles. The van der Waals surface area contributed by atoms with Crippen molar-refractivity contribution in [1.82, 2.24) is 4.90 Å². The number of nitro benzene ring substituents is 1. The first kappa shape index (κ1) is 27.8. The molecule has 1 N–H and O–H groups in total. The second kappa shape index (κ2) is 11.8. The van der Waals surface area contributed by atoms with E-state index < -0.39 is 11.1 Å². The van der Waals surface area contributed by atoms with Gasteiger partial charge in [0.05, 0.1) is 11.5 Å². The number of rotatable bonds is 8. The van der Waals surface area contributed by atoms with Crippen LogP contribution in [0.2, 0.25) is 0 Å². The van der Waals surface area contributed by atoms with Gasteiger partial charge in [-0.3, -0.25) is 24.6 Å². The van der Waals surface area contributed by atoms with Crippen LogP contribution in [0.5, 0.6) is 5.75 Å². The summed E-state index contributed by atoms with van der Waals surface area (Å²) in [5.74, 6) is 0.563. The van der Waals surface area contributed by atoms with E-state index in [4.69, 9.17) is 4.74 Å². The zero-order chi connectivity index (χ0) is 29.9. The average molecular weight is 578 g/mol. The molecule has 0 spiro atoms. The Kier molecular flexibility index (Phi) is 7.65. The van der Waals surface area contributed by atoms with Gasteiger partial charge in [-0.25, -0.2) is 0 Å². The molecular weight excluding hydrogens is 546 g/mol. The quantitative estimate of drug-likeness (QED) is 0.211. The minimum atomic E-state index is -0.461. The molecule has 1 fully saturated rings. The first-order valence-electron chi connectivity index (χ1n) is 14.2. The van der Waals surface area contributed by atoms with E-state index in [2.05, 4.69) is 10.2 Å². The molecule has 0 radical (unpaired) electrons. The number of amides is 2. The van der Waals surface area contributed by atoms with Gasteiger partial charge in [0, 0.05) is 72.1 Å². The normalized spacial score (nSPS) is 16.2. The lowest BCUT2D eigenvalue weighted by molar-refractivity contribution is -0.384. The minimum Gasteiger partial charge on any atom is -0.494 e. The Morgan fingerprint density at radius 2 is 1.60 bits per heavy atom. The Morgan fingerprint density at radius 3 is 2.30 bits per heavy atom. The van der Waals surface area contributed by atoms with Gasteiger partial charge in [-0.15, -0.1) is 0 Å². The summed E-state index contributed by atoms with van der Waals surface area (Å²) in [6.45, 7) is 4.80. The van der Waals surface area contributed by atoms with E-state index in [9.17, 15) is 19.7 Å². The van der Waals surface area contributed by atoms with Crippen LogP contribution >= 0.6 is 0 Å². The van der Waals surface area contributed by atoms with Gasteiger partial charge < -0.3 is 19.9 Å². The van der Waals surface area contributed by atoms with Gasteiger partial charge in [-0.05, 0) is 67.6 Å². The molecule has 0 aliphatic carbocycles. The van der Waals surface area contributed by atoms with Crippen LogP contribution in [0.4, 0.5) is 22.7 Å². The number of benzene rings is 4. The van der Waals surface area contributed by atoms with E-state index in [0.717, 1.165) is 28.4 Å². The number of nitrogens with zero attached hydrogens (tertiary/aromatic N) is 4. The highest BCUT2D eigenvalue weighted by Crippen LogP contribution is 2.38. The molecule has 43 heavy (non-hydrogen) atoms. The molecule has 2 heterocycles. The number of non-ortho nitro benzene ring substituents is 1. The van der Waals surface area contributed by atoms with Crippen LogP contribution in [0.25, 0.3) is 0 Å². The topological polar surface area (TPSA) is 108 Å². The molecule has 1 unspecified atom stereocenters. The second-order valence-corrected chi connectivity index (χ2v) is 10.4. The van der Waals surface area contributed by atoms with Crippen molar-refractivity contribution in [3.05, 3.63) is 124 Å². The SMILES string of the molecule is CCOc1ccc(N2C(=O)c3ccccc3C2Nc2cccc(C(=O)N3CCN(c4ccc([N+](=O)[O-])cc4)CC3)c2)cc1. The lowest BCUT2D eigenvalue weighted by atomic mass is 10.1. The van der Waals surface area contributed by atoms with E-state index >= 15 is 0 Å². The molecule has 4 aromatic carbocycles. The summed E-state index contributed by atoms with van der Waals surface area (Å²) in [6, 6.07) is 28.8. The van der Waals surface area contributed by atoms with Crippen LogP contribution in [0, 0.1) is 10.1 Å². The van der Waals surface area contributed by atoms with E-state index in [1.165, 1.54) is 12.1 Å². The van der Waals surface area contributed by atoms with Gasteiger partial charge >= 0.3 is 0 Å². The molecule has 6 rings (SSSR count). The number of carbonyl (C=O) groups is 2. The third-order valence-corrected chi connectivity index (χ3v) is 7.79. The second-order valence-electron chi connectivity index (χ2n) is 10.4.